The number of hydrogen-bond acceptors (Lipinski definition) is 5. The summed E-state index contributed by atoms with van der Waals surface area (Å²) in [7, 11) is 0. The van der Waals surface area contributed by atoms with Gasteiger partial charge in [0.1, 0.15) is 6.10 Å². The molecule has 1 fully saturated rings. The summed E-state index contributed by atoms with van der Waals surface area (Å²) in [6.07, 6.45) is -1.07. The summed E-state index contributed by atoms with van der Waals surface area (Å²) in [6, 6.07) is 0. The van der Waals surface area contributed by atoms with Crippen LogP contribution >= 0.6 is 11.6 Å². The minimum absolute atomic E-state index is 0.00651. The third kappa shape index (κ3) is 5.66. The topological polar surface area (TPSA) is 61.8 Å². The fourth-order valence-electron chi connectivity index (χ4n) is 1.72. The molecule has 0 spiro atoms. The van der Waals surface area contributed by atoms with Crippen molar-refractivity contribution < 1.29 is 23.8 Å². The first-order valence-corrected chi connectivity index (χ1v) is 7.09. The average Bonchev–Trinajstić information content (AvgIpc) is 2.63. The van der Waals surface area contributed by atoms with Crippen LogP contribution in [0.4, 0.5) is 0 Å². The standard InChI is InChI=1S/C15H21ClO5/c1-14(2,3)13(18)19-9-7-6-8-10-11(12(16)17)21-15(4,5)20-10/h10-11H,8-9H2,1-5H3/t10-,11+/m1/s1. The number of esters is 1. The monoisotopic (exact) mass is 316 g/mol. The fraction of sp³-hybridized carbons (Fsp3) is 0.733. The summed E-state index contributed by atoms with van der Waals surface area (Å²) >= 11 is 5.48. The second-order valence-corrected chi connectivity index (χ2v) is 6.66. The van der Waals surface area contributed by atoms with Crippen LogP contribution in [0.1, 0.15) is 41.0 Å². The summed E-state index contributed by atoms with van der Waals surface area (Å²) in [5.41, 5.74) is -0.551. The van der Waals surface area contributed by atoms with Gasteiger partial charge >= 0.3 is 5.97 Å². The van der Waals surface area contributed by atoms with Crippen molar-refractivity contribution in [3.63, 3.8) is 0 Å². The number of rotatable bonds is 3. The number of hydrogen-bond donors (Lipinski definition) is 0. The predicted molar refractivity (Wildman–Crippen MR) is 77.5 cm³/mol. The lowest BCUT2D eigenvalue weighted by molar-refractivity contribution is -0.151. The van der Waals surface area contributed by atoms with Crippen molar-refractivity contribution in [3.05, 3.63) is 0 Å². The molecular weight excluding hydrogens is 296 g/mol. The van der Waals surface area contributed by atoms with Gasteiger partial charge in [0.2, 0.25) is 0 Å². The molecular formula is C15H21ClO5. The van der Waals surface area contributed by atoms with Crippen LogP contribution in [0.15, 0.2) is 0 Å². The molecule has 2 atom stereocenters. The molecule has 0 aromatic heterocycles. The Morgan fingerprint density at radius 1 is 1.24 bits per heavy atom. The molecule has 0 aromatic rings. The van der Waals surface area contributed by atoms with Crippen molar-refractivity contribution in [2.45, 2.75) is 59.0 Å². The Morgan fingerprint density at radius 2 is 1.86 bits per heavy atom. The van der Waals surface area contributed by atoms with Crippen molar-refractivity contribution in [1.29, 1.82) is 0 Å². The lowest BCUT2D eigenvalue weighted by atomic mass is 9.97. The van der Waals surface area contributed by atoms with Gasteiger partial charge in [-0.25, -0.2) is 0 Å². The third-order valence-corrected chi connectivity index (χ3v) is 2.94. The van der Waals surface area contributed by atoms with Crippen LogP contribution in [0.5, 0.6) is 0 Å². The molecule has 0 amide bonds. The van der Waals surface area contributed by atoms with Gasteiger partial charge in [0.05, 0.1) is 5.41 Å². The first-order valence-electron chi connectivity index (χ1n) is 6.71. The highest BCUT2D eigenvalue weighted by atomic mass is 35.5. The van der Waals surface area contributed by atoms with Gasteiger partial charge in [-0.15, -0.1) is 0 Å². The molecule has 0 bridgehead atoms. The van der Waals surface area contributed by atoms with Crippen LogP contribution in [-0.2, 0) is 23.8 Å². The van der Waals surface area contributed by atoms with Gasteiger partial charge in [-0.2, -0.15) is 0 Å². The van der Waals surface area contributed by atoms with Gasteiger partial charge in [0.25, 0.3) is 5.24 Å². The Hall–Kier alpha value is -1.09. The molecule has 0 saturated carbocycles. The molecule has 0 radical (unpaired) electrons. The van der Waals surface area contributed by atoms with Crippen molar-refractivity contribution >= 4 is 22.8 Å². The van der Waals surface area contributed by atoms with Crippen molar-refractivity contribution in [2.24, 2.45) is 5.41 Å². The van der Waals surface area contributed by atoms with E-state index < -0.39 is 28.7 Å². The Balaban J connectivity index is 2.47. The smallest absolute Gasteiger partial charge is 0.312 e. The lowest BCUT2D eigenvalue weighted by Gasteiger charge is -2.16. The van der Waals surface area contributed by atoms with Crippen LogP contribution in [0.3, 0.4) is 0 Å². The zero-order valence-corrected chi connectivity index (χ0v) is 13.7. The largest absolute Gasteiger partial charge is 0.452 e. The van der Waals surface area contributed by atoms with E-state index in [9.17, 15) is 9.59 Å². The van der Waals surface area contributed by atoms with Crippen LogP contribution in [0.25, 0.3) is 0 Å². The minimum atomic E-state index is -0.861. The Morgan fingerprint density at radius 3 is 2.38 bits per heavy atom. The van der Waals surface area contributed by atoms with Crippen LogP contribution < -0.4 is 0 Å². The molecule has 1 saturated heterocycles. The molecule has 5 nitrogen and oxygen atoms in total. The molecule has 21 heavy (non-hydrogen) atoms. The van der Waals surface area contributed by atoms with E-state index >= 15 is 0 Å². The van der Waals surface area contributed by atoms with Gasteiger partial charge in [-0.05, 0) is 46.2 Å². The zero-order chi connectivity index (χ0) is 16.3. The van der Waals surface area contributed by atoms with Gasteiger partial charge < -0.3 is 14.2 Å². The molecule has 0 N–H and O–H groups in total. The summed E-state index contributed by atoms with van der Waals surface area (Å²) in [5, 5.41) is -0.605. The SMILES string of the molecule is CC1(C)O[C@H](C(=O)Cl)[C@@H](CC#CCOC(=O)C(C)(C)C)O1. The van der Waals surface area contributed by atoms with E-state index in [4.69, 9.17) is 25.8 Å². The molecule has 0 aromatic carbocycles. The van der Waals surface area contributed by atoms with E-state index in [2.05, 4.69) is 11.8 Å². The molecule has 0 aliphatic carbocycles. The van der Waals surface area contributed by atoms with E-state index in [-0.39, 0.29) is 19.0 Å². The van der Waals surface area contributed by atoms with Crippen molar-refractivity contribution in [3.8, 4) is 11.8 Å². The van der Waals surface area contributed by atoms with Crippen LogP contribution in [0, 0.1) is 17.3 Å². The second kappa shape index (κ2) is 6.78. The summed E-state index contributed by atoms with van der Waals surface area (Å²) in [6.45, 7) is 8.73. The molecule has 1 aliphatic heterocycles. The minimum Gasteiger partial charge on any atom is -0.452 e. The van der Waals surface area contributed by atoms with E-state index in [0.29, 0.717) is 0 Å². The van der Waals surface area contributed by atoms with Gasteiger partial charge in [-0.1, -0.05) is 11.8 Å². The molecule has 1 aliphatic rings. The fourth-order valence-corrected chi connectivity index (χ4v) is 1.90. The first kappa shape index (κ1) is 18.0. The highest BCUT2D eigenvalue weighted by Crippen LogP contribution is 2.30. The van der Waals surface area contributed by atoms with E-state index in [1.54, 1.807) is 34.6 Å². The predicted octanol–water partition coefficient (Wildman–Crippen LogP) is 2.25. The van der Waals surface area contributed by atoms with E-state index in [0.717, 1.165) is 0 Å². The maximum absolute atomic E-state index is 11.5. The quantitative estimate of drug-likeness (QED) is 0.454. The number of ether oxygens (including phenoxy) is 3. The molecule has 1 rings (SSSR count). The number of carbonyl (C=O) groups excluding carboxylic acids is 2. The van der Waals surface area contributed by atoms with E-state index in [1.165, 1.54) is 0 Å². The van der Waals surface area contributed by atoms with Gasteiger partial charge in [0, 0.05) is 6.42 Å². The van der Waals surface area contributed by atoms with Gasteiger partial charge in [0.15, 0.2) is 18.5 Å². The number of halogens is 1. The number of carbonyl (C=O) groups is 2. The first-order chi connectivity index (χ1) is 9.53. The van der Waals surface area contributed by atoms with Gasteiger partial charge in [-0.3, -0.25) is 9.59 Å². The molecule has 118 valence electrons. The summed E-state index contributed by atoms with van der Waals surface area (Å²) in [5.74, 6) is 4.36. The molecule has 1 heterocycles. The second-order valence-electron chi connectivity index (χ2n) is 6.28. The maximum atomic E-state index is 11.5. The Bertz CT molecular complexity index is 467. The lowest BCUT2D eigenvalue weighted by Crippen LogP contribution is -2.28. The third-order valence-electron chi connectivity index (χ3n) is 2.72. The maximum Gasteiger partial charge on any atom is 0.312 e. The van der Waals surface area contributed by atoms with Crippen molar-refractivity contribution in [2.75, 3.05) is 6.61 Å². The van der Waals surface area contributed by atoms with Crippen LogP contribution in [-0.4, -0.2) is 35.8 Å². The highest BCUT2D eigenvalue weighted by molar-refractivity contribution is 6.64. The Labute approximate surface area is 130 Å². The highest BCUT2D eigenvalue weighted by Gasteiger charge is 2.44. The normalized spacial score (nSPS) is 24.1. The van der Waals surface area contributed by atoms with Crippen LogP contribution in [0.2, 0.25) is 0 Å². The van der Waals surface area contributed by atoms with Crippen molar-refractivity contribution in [1.82, 2.24) is 0 Å². The van der Waals surface area contributed by atoms with E-state index in [1.807, 2.05) is 0 Å². The zero-order valence-electron chi connectivity index (χ0n) is 13.0. The molecule has 0 unspecified atom stereocenters. The summed E-state index contributed by atoms with van der Waals surface area (Å²) in [4.78, 5) is 22.8. The molecule has 6 heteroatoms. The summed E-state index contributed by atoms with van der Waals surface area (Å²) < 4.78 is 16.0. The Kier molecular flexibility index (Phi) is 5.80. The average molecular weight is 317 g/mol.